The summed E-state index contributed by atoms with van der Waals surface area (Å²) in [7, 11) is 0. The van der Waals surface area contributed by atoms with Crippen LogP contribution in [0.4, 0.5) is 4.39 Å². The van der Waals surface area contributed by atoms with Crippen molar-refractivity contribution in [3.63, 3.8) is 0 Å². The third-order valence-electron chi connectivity index (χ3n) is 2.95. The summed E-state index contributed by atoms with van der Waals surface area (Å²) in [5.74, 6) is -0.144. The molecule has 0 fully saturated rings. The summed E-state index contributed by atoms with van der Waals surface area (Å²) in [4.78, 5) is 4.07. The standard InChI is InChI=1S/C16H19FN2/c1-12(2)19-11-15-6-5-13(9-16(15)17)8-14-4-3-7-18-10-14/h3-7,9-10,12,19H,8,11H2,1-2H3. The van der Waals surface area contributed by atoms with Crippen LogP contribution in [0.5, 0.6) is 0 Å². The highest BCUT2D eigenvalue weighted by Gasteiger charge is 2.05. The van der Waals surface area contributed by atoms with Crippen molar-refractivity contribution in [3.8, 4) is 0 Å². The number of nitrogens with one attached hydrogen (secondary N) is 1. The molecule has 0 saturated carbocycles. The third-order valence-corrected chi connectivity index (χ3v) is 2.95. The van der Waals surface area contributed by atoms with Crippen LogP contribution in [0.25, 0.3) is 0 Å². The van der Waals surface area contributed by atoms with Crippen LogP contribution in [0, 0.1) is 5.82 Å². The Bertz CT molecular complexity index is 524. The first kappa shape index (κ1) is 13.7. The second-order valence-corrected chi connectivity index (χ2v) is 5.00. The average molecular weight is 258 g/mol. The van der Waals surface area contributed by atoms with Crippen LogP contribution in [0.3, 0.4) is 0 Å². The Morgan fingerprint density at radius 2 is 2.05 bits per heavy atom. The van der Waals surface area contributed by atoms with Gasteiger partial charge in [-0.05, 0) is 29.7 Å². The predicted octanol–water partition coefficient (Wildman–Crippen LogP) is 3.31. The van der Waals surface area contributed by atoms with Gasteiger partial charge in [0, 0.05) is 30.5 Å². The van der Waals surface area contributed by atoms with Crippen LogP contribution in [-0.4, -0.2) is 11.0 Å². The number of hydrogen-bond acceptors (Lipinski definition) is 2. The number of halogens is 1. The first-order valence-electron chi connectivity index (χ1n) is 6.55. The van der Waals surface area contributed by atoms with E-state index in [-0.39, 0.29) is 5.82 Å². The molecule has 2 nitrogen and oxygen atoms in total. The molecule has 1 aromatic carbocycles. The minimum absolute atomic E-state index is 0.144. The van der Waals surface area contributed by atoms with Gasteiger partial charge in [-0.15, -0.1) is 0 Å². The summed E-state index contributed by atoms with van der Waals surface area (Å²) in [5, 5.41) is 3.22. The maximum atomic E-state index is 13.9. The molecular formula is C16H19FN2. The van der Waals surface area contributed by atoms with Crippen molar-refractivity contribution in [2.24, 2.45) is 0 Å². The summed E-state index contributed by atoms with van der Waals surface area (Å²) < 4.78 is 13.9. The van der Waals surface area contributed by atoms with Gasteiger partial charge in [0.05, 0.1) is 0 Å². The Morgan fingerprint density at radius 1 is 1.21 bits per heavy atom. The number of nitrogens with zero attached hydrogens (tertiary/aromatic N) is 1. The van der Waals surface area contributed by atoms with Crippen molar-refractivity contribution in [2.45, 2.75) is 32.9 Å². The topological polar surface area (TPSA) is 24.9 Å². The van der Waals surface area contributed by atoms with Crippen molar-refractivity contribution >= 4 is 0 Å². The highest BCUT2D eigenvalue weighted by atomic mass is 19.1. The van der Waals surface area contributed by atoms with Crippen LogP contribution in [-0.2, 0) is 13.0 Å². The Kier molecular flexibility index (Phi) is 4.63. The maximum Gasteiger partial charge on any atom is 0.127 e. The molecule has 0 spiro atoms. The fourth-order valence-corrected chi connectivity index (χ4v) is 1.90. The van der Waals surface area contributed by atoms with Gasteiger partial charge in [-0.3, -0.25) is 4.98 Å². The van der Waals surface area contributed by atoms with E-state index in [0.717, 1.165) is 11.1 Å². The zero-order valence-corrected chi connectivity index (χ0v) is 11.4. The van der Waals surface area contributed by atoms with E-state index in [2.05, 4.69) is 24.1 Å². The van der Waals surface area contributed by atoms with Crippen molar-refractivity contribution in [2.75, 3.05) is 0 Å². The van der Waals surface area contributed by atoms with Crippen LogP contribution < -0.4 is 5.32 Å². The summed E-state index contributed by atoms with van der Waals surface area (Å²) in [5.41, 5.74) is 2.78. The molecule has 0 bridgehead atoms. The Labute approximate surface area is 113 Å². The van der Waals surface area contributed by atoms with Gasteiger partial charge in [0.15, 0.2) is 0 Å². The summed E-state index contributed by atoms with van der Waals surface area (Å²) in [6.45, 7) is 4.67. The van der Waals surface area contributed by atoms with Crippen molar-refractivity contribution in [1.82, 2.24) is 10.3 Å². The van der Waals surface area contributed by atoms with Gasteiger partial charge in [0.1, 0.15) is 5.82 Å². The smallest absolute Gasteiger partial charge is 0.127 e. The molecule has 1 heterocycles. The first-order chi connectivity index (χ1) is 9.15. The van der Waals surface area contributed by atoms with E-state index in [1.165, 1.54) is 0 Å². The molecule has 1 aromatic heterocycles. The molecule has 0 atom stereocenters. The number of hydrogen-bond donors (Lipinski definition) is 1. The van der Waals surface area contributed by atoms with E-state index in [4.69, 9.17) is 0 Å². The van der Waals surface area contributed by atoms with E-state index < -0.39 is 0 Å². The highest BCUT2D eigenvalue weighted by Crippen LogP contribution is 2.14. The highest BCUT2D eigenvalue weighted by molar-refractivity contribution is 5.28. The normalized spacial score (nSPS) is 10.9. The van der Waals surface area contributed by atoms with Crippen molar-refractivity contribution < 1.29 is 4.39 Å². The molecular weight excluding hydrogens is 239 g/mol. The van der Waals surface area contributed by atoms with Crippen LogP contribution in [0.2, 0.25) is 0 Å². The number of pyridine rings is 1. The molecule has 100 valence electrons. The summed E-state index contributed by atoms with van der Waals surface area (Å²) >= 11 is 0. The van der Waals surface area contributed by atoms with E-state index in [9.17, 15) is 4.39 Å². The molecule has 0 radical (unpaired) electrons. The quantitative estimate of drug-likeness (QED) is 0.890. The molecule has 2 rings (SSSR count). The minimum Gasteiger partial charge on any atom is -0.310 e. The zero-order valence-electron chi connectivity index (χ0n) is 11.4. The molecule has 1 N–H and O–H groups in total. The lowest BCUT2D eigenvalue weighted by molar-refractivity contribution is 0.552. The average Bonchev–Trinajstić information content (AvgIpc) is 2.39. The number of aromatic nitrogens is 1. The molecule has 19 heavy (non-hydrogen) atoms. The number of rotatable bonds is 5. The van der Waals surface area contributed by atoms with Gasteiger partial charge in [-0.25, -0.2) is 4.39 Å². The predicted molar refractivity (Wildman–Crippen MR) is 75.4 cm³/mol. The van der Waals surface area contributed by atoms with Gasteiger partial charge in [0.25, 0.3) is 0 Å². The lowest BCUT2D eigenvalue weighted by Crippen LogP contribution is -2.22. The second-order valence-electron chi connectivity index (χ2n) is 5.00. The second kappa shape index (κ2) is 6.43. The van der Waals surface area contributed by atoms with Crippen molar-refractivity contribution in [1.29, 1.82) is 0 Å². The Morgan fingerprint density at radius 3 is 2.68 bits per heavy atom. The molecule has 0 saturated heterocycles. The molecule has 0 aliphatic heterocycles. The van der Waals surface area contributed by atoms with Crippen molar-refractivity contribution in [3.05, 3.63) is 65.2 Å². The molecule has 0 aliphatic rings. The third kappa shape index (κ3) is 4.14. The van der Waals surface area contributed by atoms with Crippen LogP contribution >= 0.6 is 0 Å². The first-order valence-corrected chi connectivity index (χ1v) is 6.55. The van der Waals surface area contributed by atoms with Gasteiger partial charge in [-0.2, -0.15) is 0 Å². The molecule has 3 heteroatoms. The summed E-state index contributed by atoms with van der Waals surface area (Å²) in [6.07, 6.45) is 4.26. The van der Waals surface area contributed by atoms with Crippen LogP contribution in [0.1, 0.15) is 30.5 Å². The molecule has 0 unspecified atom stereocenters. The zero-order chi connectivity index (χ0) is 13.7. The maximum absolute atomic E-state index is 13.9. The van der Waals surface area contributed by atoms with Gasteiger partial charge in [0.2, 0.25) is 0 Å². The van der Waals surface area contributed by atoms with Gasteiger partial charge in [-0.1, -0.05) is 32.0 Å². The SMILES string of the molecule is CC(C)NCc1ccc(Cc2cccnc2)cc1F. The minimum atomic E-state index is -0.144. The van der Waals surface area contributed by atoms with E-state index in [0.29, 0.717) is 24.6 Å². The van der Waals surface area contributed by atoms with E-state index in [1.54, 1.807) is 12.3 Å². The summed E-state index contributed by atoms with van der Waals surface area (Å²) in [6, 6.07) is 9.70. The molecule has 0 aliphatic carbocycles. The number of benzene rings is 1. The molecule has 0 amide bonds. The van der Waals surface area contributed by atoms with Crippen LogP contribution in [0.15, 0.2) is 42.7 Å². The largest absolute Gasteiger partial charge is 0.310 e. The van der Waals surface area contributed by atoms with Gasteiger partial charge >= 0.3 is 0 Å². The molecule has 2 aromatic rings. The fourth-order valence-electron chi connectivity index (χ4n) is 1.90. The van der Waals surface area contributed by atoms with E-state index >= 15 is 0 Å². The Balaban J connectivity index is 2.06. The monoisotopic (exact) mass is 258 g/mol. The van der Waals surface area contributed by atoms with E-state index in [1.807, 2.05) is 30.5 Å². The fraction of sp³-hybridized carbons (Fsp3) is 0.312. The lowest BCUT2D eigenvalue weighted by atomic mass is 10.0. The van der Waals surface area contributed by atoms with Gasteiger partial charge < -0.3 is 5.32 Å². The Hall–Kier alpha value is -1.74. The lowest BCUT2D eigenvalue weighted by Gasteiger charge is -2.10.